The Morgan fingerprint density at radius 1 is 1.26 bits per heavy atom. The van der Waals surface area contributed by atoms with E-state index in [1.165, 1.54) is 0 Å². The van der Waals surface area contributed by atoms with Crippen molar-refractivity contribution >= 4 is 18.3 Å². The Hall–Kier alpha value is -1.46. The molecule has 108 valence electrons. The van der Waals surface area contributed by atoms with Crippen molar-refractivity contribution in [2.75, 3.05) is 33.9 Å². The zero-order chi connectivity index (χ0) is 13.4. The molecule has 2 N–H and O–H groups in total. The van der Waals surface area contributed by atoms with Gasteiger partial charge in [-0.15, -0.1) is 12.4 Å². The highest BCUT2D eigenvalue weighted by Crippen LogP contribution is 2.27. The number of hydrogen-bond acceptors (Lipinski definition) is 4. The molecule has 0 atom stereocenters. The Labute approximate surface area is 120 Å². The van der Waals surface area contributed by atoms with E-state index in [1.54, 1.807) is 25.3 Å². The number of carbonyl (C=O) groups is 1. The summed E-state index contributed by atoms with van der Waals surface area (Å²) >= 11 is 0. The molecule has 0 saturated carbocycles. The zero-order valence-electron chi connectivity index (χ0n) is 11.5. The predicted octanol–water partition coefficient (Wildman–Crippen LogP) is 1.46. The van der Waals surface area contributed by atoms with Crippen LogP contribution >= 0.6 is 12.4 Å². The highest BCUT2D eigenvalue weighted by molar-refractivity contribution is 5.94. The molecular weight excluding hydrogens is 268 g/mol. The summed E-state index contributed by atoms with van der Waals surface area (Å²) < 4.78 is 10.6. The van der Waals surface area contributed by atoms with Gasteiger partial charge in [0.05, 0.1) is 13.7 Å². The highest BCUT2D eigenvalue weighted by atomic mass is 35.5. The molecule has 0 aromatic heterocycles. The fourth-order valence-electron chi connectivity index (χ4n) is 1.49. The van der Waals surface area contributed by atoms with Gasteiger partial charge in [0, 0.05) is 18.7 Å². The molecule has 0 aliphatic rings. The first-order valence-electron chi connectivity index (χ1n) is 5.96. The van der Waals surface area contributed by atoms with Crippen molar-refractivity contribution in [3.63, 3.8) is 0 Å². The Balaban J connectivity index is 0.00000324. The number of rotatable bonds is 7. The fraction of sp³-hybridized carbons (Fsp3) is 0.462. The second-order valence-electron chi connectivity index (χ2n) is 3.66. The van der Waals surface area contributed by atoms with Gasteiger partial charge in [0.15, 0.2) is 11.5 Å². The Morgan fingerprint density at radius 3 is 2.58 bits per heavy atom. The number of halogens is 1. The van der Waals surface area contributed by atoms with Crippen LogP contribution in [0.15, 0.2) is 18.2 Å². The number of ether oxygens (including phenoxy) is 2. The van der Waals surface area contributed by atoms with Crippen molar-refractivity contribution in [1.29, 1.82) is 0 Å². The van der Waals surface area contributed by atoms with Gasteiger partial charge >= 0.3 is 0 Å². The number of amides is 1. The van der Waals surface area contributed by atoms with E-state index in [0.29, 0.717) is 30.2 Å². The van der Waals surface area contributed by atoms with Crippen molar-refractivity contribution in [3.05, 3.63) is 23.8 Å². The van der Waals surface area contributed by atoms with Crippen LogP contribution in [0.2, 0.25) is 0 Å². The van der Waals surface area contributed by atoms with Crippen LogP contribution in [0.3, 0.4) is 0 Å². The summed E-state index contributed by atoms with van der Waals surface area (Å²) in [4.78, 5) is 11.8. The third-order valence-electron chi connectivity index (χ3n) is 2.39. The fourth-order valence-corrected chi connectivity index (χ4v) is 1.49. The van der Waals surface area contributed by atoms with Gasteiger partial charge in [-0.3, -0.25) is 4.79 Å². The van der Waals surface area contributed by atoms with Crippen LogP contribution in [0.4, 0.5) is 0 Å². The first-order valence-corrected chi connectivity index (χ1v) is 5.96. The quantitative estimate of drug-likeness (QED) is 0.746. The van der Waals surface area contributed by atoms with Gasteiger partial charge in [0.25, 0.3) is 5.91 Å². The summed E-state index contributed by atoms with van der Waals surface area (Å²) in [5.74, 6) is 1.09. The number of hydrogen-bond donors (Lipinski definition) is 2. The molecule has 0 radical (unpaired) electrons. The number of carbonyl (C=O) groups excluding carboxylic acids is 1. The Kier molecular flexibility index (Phi) is 8.74. The first kappa shape index (κ1) is 17.5. The van der Waals surface area contributed by atoms with E-state index < -0.39 is 0 Å². The molecule has 1 aromatic carbocycles. The Morgan fingerprint density at radius 2 is 2.00 bits per heavy atom. The van der Waals surface area contributed by atoms with Gasteiger partial charge in [-0.05, 0) is 32.2 Å². The molecule has 5 nitrogen and oxygen atoms in total. The number of methoxy groups -OCH3 is 1. The monoisotopic (exact) mass is 288 g/mol. The average Bonchev–Trinajstić information content (AvgIpc) is 2.39. The summed E-state index contributed by atoms with van der Waals surface area (Å²) in [5, 5.41) is 5.77. The minimum atomic E-state index is -0.119. The average molecular weight is 289 g/mol. The summed E-state index contributed by atoms with van der Waals surface area (Å²) in [5.41, 5.74) is 0.561. The lowest BCUT2D eigenvalue weighted by Crippen LogP contribution is -2.30. The van der Waals surface area contributed by atoms with Crippen molar-refractivity contribution in [2.45, 2.75) is 6.92 Å². The molecule has 0 bridgehead atoms. The molecule has 0 unspecified atom stereocenters. The van der Waals surface area contributed by atoms with Gasteiger partial charge in [-0.1, -0.05) is 0 Å². The summed E-state index contributed by atoms with van der Waals surface area (Å²) in [6.45, 7) is 3.78. The molecule has 0 spiro atoms. The largest absolute Gasteiger partial charge is 0.493 e. The molecule has 0 fully saturated rings. The number of nitrogens with one attached hydrogen (secondary N) is 2. The maximum Gasteiger partial charge on any atom is 0.251 e. The van der Waals surface area contributed by atoms with Crippen LogP contribution < -0.4 is 20.1 Å². The van der Waals surface area contributed by atoms with Gasteiger partial charge in [-0.2, -0.15) is 0 Å². The second kappa shape index (κ2) is 9.47. The SMILES string of the molecule is CCOc1ccc(C(=O)NCCNC)cc1OC.Cl. The maximum atomic E-state index is 11.8. The maximum absolute atomic E-state index is 11.8. The zero-order valence-corrected chi connectivity index (χ0v) is 12.3. The molecule has 6 heteroatoms. The highest BCUT2D eigenvalue weighted by Gasteiger charge is 2.10. The standard InChI is InChI=1S/C13H20N2O3.ClH/c1-4-18-11-6-5-10(9-12(11)17-3)13(16)15-8-7-14-2;/h5-6,9,14H,4,7-8H2,1-3H3,(H,15,16);1H. The van der Waals surface area contributed by atoms with E-state index in [4.69, 9.17) is 9.47 Å². The molecule has 0 aliphatic carbocycles. The molecule has 1 amide bonds. The minimum absolute atomic E-state index is 0. The minimum Gasteiger partial charge on any atom is -0.493 e. The van der Waals surface area contributed by atoms with Crippen LogP contribution in [0, 0.1) is 0 Å². The van der Waals surface area contributed by atoms with E-state index in [0.717, 1.165) is 6.54 Å². The molecule has 0 aliphatic heterocycles. The van der Waals surface area contributed by atoms with E-state index in [1.807, 2.05) is 14.0 Å². The van der Waals surface area contributed by atoms with Crippen molar-refractivity contribution < 1.29 is 14.3 Å². The molecular formula is C13H21ClN2O3. The van der Waals surface area contributed by atoms with Crippen molar-refractivity contribution in [1.82, 2.24) is 10.6 Å². The topological polar surface area (TPSA) is 59.6 Å². The molecule has 19 heavy (non-hydrogen) atoms. The van der Waals surface area contributed by atoms with E-state index in [9.17, 15) is 4.79 Å². The van der Waals surface area contributed by atoms with E-state index in [-0.39, 0.29) is 18.3 Å². The van der Waals surface area contributed by atoms with Crippen LogP contribution in [-0.2, 0) is 0 Å². The molecule has 1 rings (SSSR count). The summed E-state index contributed by atoms with van der Waals surface area (Å²) in [7, 11) is 3.40. The summed E-state index contributed by atoms with van der Waals surface area (Å²) in [6, 6.07) is 5.15. The first-order chi connectivity index (χ1) is 8.72. The van der Waals surface area contributed by atoms with Crippen LogP contribution in [0.1, 0.15) is 17.3 Å². The number of likely N-dealkylation sites (N-methyl/N-ethyl adjacent to an activating group) is 1. The van der Waals surface area contributed by atoms with Crippen molar-refractivity contribution in [3.8, 4) is 11.5 Å². The predicted molar refractivity (Wildman–Crippen MR) is 77.7 cm³/mol. The van der Waals surface area contributed by atoms with Crippen LogP contribution in [0.5, 0.6) is 11.5 Å². The molecule has 0 heterocycles. The van der Waals surface area contributed by atoms with Crippen LogP contribution in [-0.4, -0.2) is 39.8 Å². The van der Waals surface area contributed by atoms with Crippen LogP contribution in [0.25, 0.3) is 0 Å². The normalized spacial score (nSPS) is 9.42. The van der Waals surface area contributed by atoms with E-state index >= 15 is 0 Å². The van der Waals surface area contributed by atoms with Gasteiger partial charge in [0.1, 0.15) is 0 Å². The van der Waals surface area contributed by atoms with Gasteiger partial charge in [-0.25, -0.2) is 0 Å². The lowest BCUT2D eigenvalue weighted by molar-refractivity contribution is 0.0953. The second-order valence-corrected chi connectivity index (χ2v) is 3.66. The third-order valence-corrected chi connectivity index (χ3v) is 2.39. The van der Waals surface area contributed by atoms with Gasteiger partial charge in [0.2, 0.25) is 0 Å². The van der Waals surface area contributed by atoms with E-state index in [2.05, 4.69) is 10.6 Å². The molecule has 1 aromatic rings. The smallest absolute Gasteiger partial charge is 0.251 e. The van der Waals surface area contributed by atoms with Crippen molar-refractivity contribution in [2.24, 2.45) is 0 Å². The van der Waals surface area contributed by atoms with Gasteiger partial charge < -0.3 is 20.1 Å². The summed E-state index contributed by atoms with van der Waals surface area (Å²) in [6.07, 6.45) is 0. The molecule has 0 saturated heterocycles. The third kappa shape index (κ3) is 5.36. The lowest BCUT2D eigenvalue weighted by atomic mass is 10.2. The number of benzene rings is 1. The lowest BCUT2D eigenvalue weighted by Gasteiger charge is -2.11. The Bertz CT molecular complexity index is 399.